The third-order valence-electron chi connectivity index (χ3n) is 4.15. The molecule has 0 spiro atoms. The van der Waals surface area contributed by atoms with E-state index in [2.05, 4.69) is 20.4 Å². The Morgan fingerprint density at radius 1 is 1.16 bits per heavy atom. The van der Waals surface area contributed by atoms with Crippen molar-refractivity contribution in [1.29, 1.82) is 0 Å². The Labute approximate surface area is 144 Å². The van der Waals surface area contributed by atoms with E-state index >= 15 is 0 Å². The van der Waals surface area contributed by atoms with E-state index < -0.39 is 0 Å². The van der Waals surface area contributed by atoms with Crippen molar-refractivity contribution in [1.82, 2.24) is 10.1 Å². The first-order valence-electron chi connectivity index (χ1n) is 8.22. The van der Waals surface area contributed by atoms with Crippen LogP contribution in [0.25, 0.3) is 11.0 Å². The molecule has 7 heteroatoms. The van der Waals surface area contributed by atoms with Crippen LogP contribution in [0.1, 0.15) is 5.69 Å². The lowest BCUT2D eigenvalue weighted by Crippen LogP contribution is -2.37. The minimum atomic E-state index is -0.151. The van der Waals surface area contributed by atoms with Crippen LogP contribution in [0, 0.1) is 0 Å². The molecule has 1 N–H and O–H groups in total. The quantitative estimate of drug-likeness (QED) is 0.786. The number of benzene rings is 1. The van der Waals surface area contributed by atoms with Gasteiger partial charge in [0.05, 0.1) is 25.3 Å². The Bertz CT molecular complexity index is 887. The molecule has 3 heterocycles. The average Bonchev–Trinajstić information content (AvgIpc) is 3.06. The normalized spacial score (nSPS) is 14.6. The van der Waals surface area contributed by atoms with Crippen molar-refractivity contribution in [3.8, 4) is 0 Å². The summed E-state index contributed by atoms with van der Waals surface area (Å²) in [5.41, 5.74) is 2.01. The number of amides is 1. The van der Waals surface area contributed by atoms with Crippen LogP contribution in [0.5, 0.6) is 0 Å². The second kappa shape index (κ2) is 6.90. The Kier molecular flexibility index (Phi) is 4.30. The maximum absolute atomic E-state index is 12.5. The van der Waals surface area contributed by atoms with Crippen molar-refractivity contribution in [2.45, 2.75) is 6.42 Å². The zero-order chi connectivity index (χ0) is 17.1. The van der Waals surface area contributed by atoms with E-state index in [1.165, 1.54) is 0 Å². The number of hydrogen-bond donors (Lipinski definition) is 1. The van der Waals surface area contributed by atoms with E-state index in [4.69, 9.17) is 9.26 Å². The van der Waals surface area contributed by atoms with Crippen LogP contribution in [0.3, 0.4) is 0 Å². The van der Waals surface area contributed by atoms with E-state index in [9.17, 15) is 4.79 Å². The average molecular weight is 338 g/mol. The fourth-order valence-corrected chi connectivity index (χ4v) is 2.93. The summed E-state index contributed by atoms with van der Waals surface area (Å²) in [5, 5.41) is 7.81. The third kappa shape index (κ3) is 3.32. The molecule has 1 aromatic carbocycles. The number of pyridine rings is 1. The summed E-state index contributed by atoms with van der Waals surface area (Å²) in [6.45, 7) is 2.84. The van der Waals surface area contributed by atoms with Crippen molar-refractivity contribution >= 4 is 28.4 Å². The summed E-state index contributed by atoms with van der Waals surface area (Å²) in [6, 6.07) is 11.2. The molecule has 1 saturated heterocycles. The minimum absolute atomic E-state index is 0.147. The highest BCUT2D eigenvalue weighted by molar-refractivity contribution is 5.96. The van der Waals surface area contributed by atoms with Crippen LogP contribution in [-0.4, -0.2) is 42.4 Å². The first-order valence-corrected chi connectivity index (χ1v) is 8.22. The SMILES string of the molecule is O=C(Cc1noc2ccccc12)Nc1cccnc1N1CCOCC1. The summed E-state index contributed by atoms with van der Waals surface area (Å²) in [6.07, 6.45) is 1.88. The number of hydrogen-bond acceptors (Lipinski definition) is 6. The molecular formula is C18H18N4O3. The Morgan fingerprint density at radius 2 is 2.00 bits per heavy atom. The molecule has 0 radical (unpaired) electrons. The van der Waals surface area contributed by atoms with E-state index in [-0.39, 0.29) is 12.3 Å². The Balaban J connectivity index is 1.51. The highest BCUT2D eigenvalue weighted by Gasteiger charge is 2.18. The molecule has 7 nitrogen and oxygen atoms in total. The number of anilines is 2. The van der Waals surface area contributed by atoms with Gasteiger partial charge < -0.3 is 19.5 Å². The number of fused-ring (bicyclic) bond motifs is 1. The van der Waals surface area contributed by atoms with Crippen molar-refractivity contribution in [2.75, 3.05) is 36.5 Å². The molecular weight excluding hydrogens is 320 g/mol. The van der Waals surface area contributed by atoms with Gasteiger partial charge in [-0.1, -0.05) is 17.3 Å². The largest absolute Gasteiger partial charge is 0.378 e. The molecule has 1 amide bonds. The van der Waals surface area contributed by atoms with E-state index in [0.717, 1.165) is 24.3 Å². The molecule has 0 bridgehead atoms. The van der Waals surface area contributed by atoms with Gasteiger partial charge in [0, 0.05) is 24.7 Å². The Morgan fingerprint density at radius 3 is 2.88 bits per heavy atom. The summed E-state index contributed by atoms with van der Waals surface area (Å²) >= 11 is 0. The lowest BCUT2D eigenvalue weighted by atomic mass is 10.1. The highest BCUT2D eigenvalue weighted by atomic mass is 16.5. The lowest BCUT2D eigenvalue weighted by molar-refractivity contribution is -0.115. The van der Waals surface area contributed by atoms with Crippen LogP contribution in [0.4, 0.5) is 11.5 Å². The second-order valence-electron chi connectivity index (χ2n) is 5.82. The molecule has 4 rings (SSSR count). The van der Waals surface area contributed by atoms with E-state index in [1.807, 2.05) is 36.4 Å². The van der Waals surface area contributed by atoms with Crippen LogP contribution < -0.4 is 10.2 Å². The number of rotatable bonds is 4. The number of para-hydroxylation sites is 1. The topological polar surface area (TPSA) is 80.5 Å². The number of nitrogens with zero attached hydrogens (tertiary/aromatic N) is 3. The molecule has 0 saturated carbocycles. The predicted octanol–water partition coefficient (Wildman–Crippen LogP) is 2.24. The maximum Gasteiger partial charge on any atom is 0.230 e. The molecule has 0 atom stereocenters. The van der Waals surface area contributed by atoms with Gasteiger partial charge in [0.2, 0.25) is 5.91 Å². The summed E-state index contributed by atoms with van der Waals surface area (Å²) in [5.74, 6) is 0.616. The van der Waals surface area contributed by atoms with Crippen molar-refractivity contribution in [2.24, 2.45) is 0 Å². The van der Waals surface area contributed by atoms with Gasteiger partial charge in [-0.2, -0.15) is 0 Å². The summed E-state index contributed by atoms with van der Waals surface area (Å²) in [4.78, 5) is 19.0. The van der Waals surface area contributed by atoms with Gasteiger partial charge in [0.15, 0.2) is 11.4 Å². The van der Waals surface area contributed by atoms with E-state index in [1.54, 1.807) is 6.20 Å². The number of morpholine rings is 1. The molecule has 2 aromatic heterocycles. The highest BCUT2D eigenvalue weighted by Crippen LogP contribution is 2.24. The van der Waals surface area contributed by atoms with Gasteiger partial charge in [-0.05, 0) is 24.3 Å². The van der Waals surface area contributed by atoms with Crippen LogP contribution >= 0.6 is 0 Å². The van der Waals surface area contributed by atoms with Gasteiger partial charge in [0.1, 0.15) is 5.69 Å². The molecule has 1 aliphatic heterocycles. The second-order valence-corrected chi connectivity index (χ2v) is 5.82. The number of ether oxygens (including phenoxy) is 1. The minimum Gasteiger partial charge on any atom is -0.378 e. The number of aromatic nitrogens is 2. The van der Waals surface area contributed by atoms with Crippen molar-refractivity contribution in [3.05, 3.63) is 48.3 Å². The Hall–Kier alpha value is -2.93. The molecule has 128 valence electrons. The zero-order valence-corrected chi connectivity index (χ0v) is 13.6. The van der Waals surface area contributed by atoms with E-state index in [0.29, 0.717) is 30.2 Å². The molecule has 3 aromatic rings. The van der Waals surface area contributed by atoms with Gasteiger partial charge >= 0.3 is 0 Å². The fraction of sp³-hybridized carbons (Fsp3) is 0.278. The number of carbonyl (C=O) groups is 1. The summed E-state index contributed by atoms with van der Waals surface area (Å²) < 4.78 is 10.6. The smallest absolute Gasteiger partial charge is 0.230 e. The predicted molar refractivity (Wildman–Crippen MR) is 93.6 cm³/mol. The fourth-order valence-electron chi connectivity index (χ4n) is 2.93. The van der Waals surface area contributed by atoms with Gasteiger partial charge in [0.25, 0.3) is 0 Å². The number of nitrogens with one attached hydrogen (secondary N) is 1. The van der Waals surface area contributed by atoms with Crippen LogP contribution in [-0.2, 0) is 16.0 Å². The first-order chi connectivity index (χ1) is 12.3. The van der Waals surface area contributed by atoms with Gasteiger partial charge in [-0.25, -0.2) is 4.98 Å². The van der Waals surface area contributed by atoms with Crippen molar-refractivity contribution in [3.63, 3.8) is 0 Å². The monoisotopic (exact) mass is 338 g/mol. The van der Waals surface area contributed by atoms with Crippen LogP contribution in [0.15, 0.2) is 47.1 Å². The van der Waals surface area contributed by atoms with Crippen LogP contribution in [0.2, 0.25) is 0 Å². The summed E-state index contributed by atoms with van der Waals surface area (Å²) in [7, 11) is 0. The van der Waals surface area contributed by atoms with Crippen molar-refractivity contribution < 1.29 is 14.1 Å². The first kappa shape index (κ1) is 15.6. The number of carbonyl (C=O) groups excluding carboxylic acids is 1. The third-order valence-corrected chi connectivity index (χ3v) is 4.15. The molecule has 1 aliphatic rings. The van der Waals surface area contributed by atoms with Gasteiger partial charge in [-0.15, -0.1) is 0 Å². The zero-order valence-electron chi connectivity index (χ0n) is 13.6. The molecule has 1 fully saturated rings. The molecule has 0 unspecified atom stereocenters. The standard InChI is InChI=1S/C18H18N4O3/c23-17(12-15-13-4-1-2-6-16(13)25-21-15)20-14-5-3-7-19-18(14)22-8-10-24-11-9-22/h1-7H,8-12H2,(H,20,23). The lowest BCUT2D eigenvalue weighted by Gasteiger charge is -2.29. The maximum atomic E-state index is 12.5. The van der Waals surface area contributed by atoms with Gasteiger partial charge in [-0.3, -0.25) is 4.79 Å². The molecule has 25 heavy (non-hydrogen) atoms. The molecule has 0 aliphatic carbocycles.